The van der Waals surface area contributed by atoms with E-state index in [0.717, 1.165) is 212 Å². The van der Waals surface area contributed by atoms with E-state index in [-0.39, 0.29) is 36.4 Å². The molecule has 106 heavy (non-hydrogen) atoms. The van der Waals surface area contributed by atoms with Crippen LogP contribution < -0.4 is 76.7 Å². The highest BCUT2D eigenvalue weighted by molar-refractivity contribution is 8.00. The molecule has 0 unspecified atom stereocenters. The fraction of sp³-hybridized carbons (Fsp3) is 0.152. The number of nitrogens with zero attached hydrogens (tertiary/aromatic N) is 2. The molecule has 9 nitrogen and oxygen atoms in total. The van der Waals surface area contributed by atoms with Gasteiger partial charge in [-0.15, -0.1) is 0 Å². The Hall–Kier alpha value is -11.0. The lowest BCUT2D eigenvalue weighted by atomic mass is 9.30. The molecule has 14 heteroatoms. The molecular weight excluding hydrogens is 1340 g/mol. The Morgan fingerprint density at radius 1 is 0.264 bits per heavy atom. The van der Waals surface area contributed by atoms with Gasteiger partial charge >= 0.3 is 0 Å². The van der Waals surface area contributed by atoms with Crippen molar-refractivity contribution in [2.24, 2.45) is 0 Å². The lowest BCUT2D eigenvalue weighted by molar-refractivity contribution is 0.465. The van der Waals surface area contributed by atoms with E-state index < -0.39 is 0 Å². The fourth-order valence-corrected chi connectivity index (χ4v) is 20.0. The Morgan fingerprint density at radius 2 is 0.575 bits per heavy atom. The molecule has 0 saturated heterocycles. The normalized spacial score (nSPS) is 14.3. The zero-order valence-corrected chi connectivity index (χ0v) is 62.2. The van der Waals surface area contributed by atoms with Gasteiger partial charge < -0.3 is 32.2 Å². The minimum atomic E-state index is -0.307. The van der Waals surface area contributed by atoms with Gasteiger partial charge in [-0.1, -0.05) is 220 Å². The largest absolute Gasteiger partial charge is 0.458 e. The first-order valence-electron chi connectivity index (χ1n) is 36.7. The summed E-state index contributed by atoms with van der Waals surface area (Å²) in [7, 11) is 0. The average Bonchev–Trinajstić information content (AvgIpc) is 0.914. The number of rotatable bonds is 5. The summed E-state index contributed by atoms with van der Waals surface area (Å²) in [5, 5.41) is 6.55. The van der Waals surface area contributed by atoms with Crippen LogP contribution in [0.1, 0.15) is 79.0 Å². The summed E-state index contributed by atoms with van der Waals surface area (Å²) in [6.07, 6.45) is 4.35. The standard InChI is InChI=1S/C92H69B3N2O7S2/c1-90(2,3)60-31-19-28-57-54-25-16-22-51(84(54)102-87(57)60)48-38-71-81-77(40-48)98-73-36-14-12-34-63(73)93(81)65-44-68-76(46-69(65)96(71)105-10)100-78-41-49(52-23-17-26-55-58-29-20-32-61(91(4,5)6)88(58)103-85(52)55)39-72-82(78)95(68)66-45-67-75(47-70(66)97(72)106-11)101-80-43-50(42-79-83(80)94(67)64-35-13-15-37-74(64)99-79)53-24-18-27-56-59-30-21-33-62(92(7,8)9)89(59)104-86(53)56/h12-47H,1-11H3. The van der Waals surface area contributed by atoms with Gasteiger partial charge in [0.1, 0.15) is 79.5 Å². The second-order valence-electron chi connectivity index (χ2n) is 32.5. The summed E-state index contributed by atoms with van der Waals surface area (Å²) in [5.74, 6) is 6.35. The molecule has 0 spiro atoms. The zero-order chi connectivity index (χ0) is 71.5. The van der Waals surface area contributed by atoms with E-state index >= 15 is 0 Å². The molecule has 0 N–H and O–H groups in total. The van der Waals surface area contributed by atoms with Crippen molar-refractivity contribution < 1.29 is 32.2 Å². The van der Waals surface area contributed by atoms with Gasteiger partial charge in [0, 0.05) is 95.8 Å². The van der Waals surface area contributed by atoms with Crippen LogP contribution in [0.3, 0.4) is 0 Å². The van der Waals surface area contributed by atoms with Crippen LogP contribution in [-0.4, -0.2) is 32.6 Å². The number of anilines is 4. The highest BCUT2D eigenvalue weighted by Gasteiger charge is 2.50. The summed E-state index contributed by atoms with van der Waals surface area (Å²) in [4.78, 5) is 0. The molecule has 16 aromatic rings. The van der Waals surface area contributed by atoms with Gasteiger partial charge in [-0.05, 0) is 149 Å². The SMILES string of the molecule is CSN1c2cc3c(cc2B2c4cc5c(cc4Oc4cc(-c6cccc7c6oc6c(C(C)(C)C)cccc67)cc1c42)N(SC)c1cc(-c2cccc4c2oc2c(C(C)(C)C)cccc24)cc2c1B5c1ccccc1O2)B1c2ccccc2Oc2cc(-c4cccc5c4oc4c(C(C)(C)C)cccc45)cc(c21)O3. The minimum Gasteiger partial charge on any atom is -0.458 e. The smallest absolute Gasteiger partial charge is 0.260 e. The molecule has 510 valence electrons. The number of hydrogen-bond donors (Lipinski definition) is 0. The number of ether oxygens (including phenoxy) is 4. The van der Waals surface area contributed by atoms with Crippen molar-refractivity contribution in [1.29, 1.82) is 0 Å². The van der Waals surface area contributed by atoms with Crippen LogP contribution >= 0.6 is 23.9 Å². The first-order valence-corrected chi connectivity index (χ1v) is 39.0. The third-order valence-corrected chi connectivity index (χ3v) is 24.8. The topological polar surface area (TPSA) is 82.8 Å². The molecule has 0 amide bonds. The maximum atomic E-state index is 7.75. The van der Waals surface area contributed by atoms with Crippen molar-refractivity contribution in [3.8, 4) is 79.4 Å². The number of para-hydroxylation sites is 8. The summed E-state index contributed by atoms with van der Waals surface area (Å²) in [6, 6.07) is 79.6. The van der Waals surface area contributed by atoms with Crippen LogP contribution in [0.15, 0.2) is 232 Å². The summed E-state index contributed by atoms with van der Waals surface area (Å²) in [5.41, 5.74) is 28.4. The lowest BCUT2D eigenvalue weighted by Crippen LogP contribution is -2.64. The van der Waals surface area contributed by atoms with Crippen LogP contribution in [0.4, 0.5) is 22.7 Å². The number of fused-ring (bicyclic) bond motifs is 21. The van der Waals surface area contributed by atoms with Crippen molar-refractivity contribution in [2.75, 3.05) is 21.1 Å². The molecule has 13 aromatic carbocycles. The van der Waals surface area contributed by atoms with Crippen LogP contribution in [0, 0.1) is 0 Å². The maximum absolute atomic E-state index is 7.75. The zero-order valence-electron chi connectivity index (χ0n) is 60.6. The van der Waals surface area contributed by atoms with Crippen molar-refractivity contribution in [1.82, 2.24) is 0 Å². The summed E-state index contributed by atoms with van der Waals surface area (Å²) in [6.45, 7) is 19.5. The molecule has 6 aliphatic heterocycles. The molecule has 0 saturated carbocycles. The summed E-state index contributed by atoms with van der Waals surface area (Å²) >= 11 is 3.38. The van der Waals surface area contributed by atoms with Crippen molar-refractivity contribution in [2.45, 2.75) is 78.6 Å². The molecule has 0 atom stereocenters. The first-order chi connectivity index (χ1) is 51.3. The van der Waals surface area contributed by atoms with Gasteiger partial charge in [0.05, 0.1) is 22.7 Å². The van der Waals surface area contributed by atoms with E-state index in [1.807, 2.05) is 0 Å². The Morgan fingerprint density at radius 3 is 0.943 bits per heavy atom. The van der Waals surface area contributed by atoms with E-state index in [1.165, 1.54) is 22.2 Å². The average molecular weight is 1410 g/mol. The number of benzene rings is 13. The quantitative estimate of drug-likeness (QED) is 0.122. The van der Waals surface area contributed by atoms with Gasteiger partial charge in [0.2, 0.25) is 0 Å². The second-order valence-corrected chi connectivity index (χ2v) is 33.9. The predicted octanol–water partition coefficient (Wildman–Crippen LogP) is 19.7. The molecular formula is C92H69B3N2O7S2. The number of furan rings is 3. The molecule has 22 rings (SSSR count). The fourth-order valence-electron chi connectivity index (χ4n) is 18.6. The third-order valence-electron chi connectivity index (χ3n) is 23.3. The maximum Gasteiger partial charge on any atom is 0.260 e. The third kappa shape index (κ3) is 8.68. The van der Waals surface area contributed by atoms with Gasteiger partial charge in [-0.3, -0.25) is 8.61 Å². The summed E-state index contributed by atoms with van der Waals surface area (Å²) < 4.78 is 55.8. The van der Waals surface area contributed by atoms with Crippen molar-refractivity contribution in [3.63, 3.8) is 0 Å². The lowest BCUT2D eigenvalue weighted by Gasteiger charge is -2.43. The highest BCUT2D eigenvalue weighted by Crippen LogP contribution is 2.52. The Kier molecular flexibility index (Phi) is 12.8. The predicted molar refractivity (Wildman–Crippen MR) is 445 cm³/mol. The highest BCUT2D eigenvalue weighted by atomic mass is 32.2. The van der Waals surface area contributed by atoms with Crippen molar-refractivity contribution >= 4 is 182 Å². The Labute approximate surface area is 623 Å². The van der Waals surface area contributed by atoms with Crippen molar-refractivity contribution in [3.05, 3.63) is 235 Å². The molecule has 0 aliphatic carbocycles. The van der Waals surface area contributed by atoms with Gasteiger partial charge in [0.15, 0.2) is 0 Å². The number of hydrogen-bond acceptors (Lipinski definition) is 11. The minimum absolute atomic E-state index is 0.125. The monoisotopic (exact) mass is 1410 g/mol. The van der Waals surface area contributed by atoms with Crippen LogP contribution in [0.25, 0.3) is 99.2 Å². The van der Waals surface area contributed by atoms with Crippen LogP contribution in [-0.2, 0) is 16.2 Å². The van der Waals surface area contributed by atoms with E-state index in [9.17, 15) is 0 Å². The Balaban J connectivity index is 0.762. The van der Waals surface area contributed by atoms with Crippen LogP contribution in [0.2, 0.25) is 0 Å². The van der Waals surface area contributed by atoms with Gasteiger partial charge in [-0.2, -0.15) is 0 Å². The Bertz CT molecular complexity index is 6650. The van der Waals surface area contributed by atoms with Gasteiger partial charge in [-0.25, -0.2) is 0 Å². The molecule has 0 radical (unpaired) electrons. The molecule has 9 heterocycles. The van der Waals surface area contributed by atoms with Gasteiger partial charge in [0.25, 0.3) is 20.1 Å². The molecule has 0 fully saturated rings. The second kappa shape index (κ2) is 21.8. The van der Waals surface area contributed by atoms with E-state index in [4.69, 9.17) is 32.2 Å². The first kappa shape index (κ1) is 62.3. The van der Waals surface area contributed by atoms with E-state index in [1.54, 1.807) is 23.9 Å². The molecule has 6 aliphatic rings. The molecule has 0 bridgehead atoms. The van der Waals surface area contributed by atoms with E-state index in [0.29, 0.717) is 0 Å². The molecule has 3 aromatic heterocycles. The van der Waals surface area contributed by atoms with E-state index in [2.05, 4.69) is 302 Å². The van der Waals surface area contributed by atoms with Crippen LogP contribution in [0.5, 0.6) is 46.0 Å².